The van der Waals surface area contributed by atoms with E-state index in [1.165, 1.54) is 11.3 Å². The van der Waals surface area contributed by atoms with Crippen LogP contribution in [-0.4, -0.2) is 15.1 Å². The molecule has 0 saturated carbocycles. The van der Waals surface area contributed by atoms with Crippen LogP contribution in [0.3, 0.4) is 0 Å². The van der Waals surface area contributed by atoms with Crippen LogP contribution in [0.4, 0.5) is 0 Å². The molecule has 3 aromatic rings. The summed E-state index contributed by atoms with van der Waals surface area (Å²) in [5, 5.41) is 8.82. The molecule has 0 atom stereocenters. The number of hydrogen-bond donors (Lipinski definition) is 1. The van der Waals surface area contributed by atoms with Gasteiger partial charge in [0.2, 0.25) is 5.82 Å². The van der Waals surface area contributed by atoms with E-state index in [4.69, 9.17) is 10.3 Å². The van der Waals surface area contributed by atoms with Crippen molar-refractivity contribution in [2.45, 2.75) is 13.5 Å². The third-order valence-electron chi connectivity index (χ3n) is 2.42. The molecule has 18 heavy (non-hydrogen) atoms. The van der Waals surface area contributed by atoms with E-state index in [0.29, 0.717) is 18.3 Å². The molecule has 0 aliphatic rings. The lowest BCUT2D eigenvalue weighted by Crippen LogP contribution is -1.94. The van der Waals surface area contributed by atoms with Crippen LogP contribution in [0.2, 0.25) is 0 Å². The van der Waals surface area contributed by atoms with Gasteiger partial charge in [0.15, 0.2) is 0 Å². The van der Waals surface area contributed by atoms with E-state index in [9.17, 15) is 0 Å². The third kappa shape index (κ3) is 1.96. The summed E-state index contributed by atoms with van der Waals surface area (Å²) in [6, 6.07) is 1.96. The fourth-order valence-corrected chi connectivity index (χ4v) is 3.06. The topological polar surface area (TPSA) is 77.8 Å². The lowest BCUT2D eigenvalue weighted by Gasteiger charge is -1.87. The summed E-state index contributed by atoms with van der Waals surface area (Å²) < 4.78 is 5.29. The minimum absolute atomic E-state index is 0.428. The zero-order valence-corrected chi connectivity index (χ0v) is 11.2. The van der Waals surface area contributed by atoms with Crippen LogP contribution in [0.25, 0.3) is 22.2 Å². The van der Waals surface area contributed by atoms with Gasteiger partial charge in [0.25, 0.3) is 5.89 Å². The second-order valence-electron chi connectivity index (χ2n) is 3.66. The summed E-state index contributed by atoms with van der Waals surface area (Å²) in [6.45, 7) is 2.34. The number of nitrogens with zero attached hydrogens (tertiary/aromatic N) is 3. The minimum atomic E-state index is 0.428. The summed E-state index contributed by atoms with van der Waals surface area (Å²) in [4.78, 5) is 9.63. The molecule has 0 unspecified atom stereocenters. The zero-order chi connectivity index (χ0) is 12.5. The minimum Gasteiger partial charge on any atom is -0.333 e. The summed E-state index contributed by atoms with van der Waals surface area (Å²) >= 11 is 3.10. The third-order valence-corrected chi connectivity index (χ3v) is 4.27. The van der Waals surface area contributed by atoms with Gasteiger partial charge in [-0.05, 0) is 18.4 Å². The van der Waals surface area contributed by atoms with Crippen molar-refractivity contribution in [3.05, 3.63) is 27.5 Å². The van der Waals surface area contributed by atoms with Crippen LogP contribution in [0.5, 0.6) is 0 Å². The molecule has 92 valence electrons. The van der Waals surface area contributed by atoms with Crippen molar-refractivity contribution in [1.29, 1.82) is 0 Å². The molecular formula is C11H10N4OS2. The highest BCUT2D eigenvalue weighted by Gasteiger charge is 2.16. The lowest BCUT2D eigenvalue weighted by atomic mass is 10.3. The van der Waals surface area contributed by atoms with Gasteiger partial charge in [-0.1, -0.05) is 5.16 Å². The molecule has 3 aromatic heterocycles. The number of hydrogen-bond acceptors (Lipinski definition) is 7. The number of aromatic nitrogens is 3. The Hall–Kier alpha value is -1.57. The average Bonchev–Trinajstić information content (AvgIpc) is 3.08. The number of aryl methyl sites for hydroxylation is 1. The summed E-state index contributed by atoms with van der Waals surface area (Å²) in [5.41, 5.74) is 7.42. The first kappa shape index (κ1) is 11.5. The second kappa shape index (κ2) is 4.60. The molecule has 0 saturated heterocycles. The Morgan fingerprint density at radius 1 is 1.39 bits per heavy atom. The van der Waals surface area contributed by atoms with Crippen molar-refractivity contribution in [2.75, 3.05) is 0 Å². The van der Waals surface area contributed by atoms with Crippen molar-refractivity contribution in [2.24, 2.45) is 5.73 Å². The van der Waals surface area contributed by atoms with E-state index in [-0.39, 0.29) is 0 Å². The molecule has 0 spiro atoms. The normalized spacial score (nSPS) is 11.0. The summed E-state index contributed by atoms with van der Waals surface area (Å²) in [7, 11) is 0. The Labute approximate surface area is 111 Å². The Morgan fingerprint density at radius 2 is 2.28 bits per heavy atom. The molecule has 3 rings (SSSR count). The Bertz CT molecular complexity index is 656. The van der Waals surface area contributed by atoms with Gasteiger partial charge in [0, 0.05) is 17.5 Å². The van der Waals surface area contributed by atoms with Crippen molar-refractivity contribution in [3.63, 3.8) is 0 Å². The maximum atomic E-state index is 5.58. The number of thiazole rings is 1. The molecule has 5 nitrogen and oxygen atoms in total. The highest BCUT2D eigenvalue weighted by Crippen LogP contribution is 2.30. The molecule has 0 bridgehead atoms. The fourth-order valence-electron chi connectivity index (χ4n) is 1.56. The van der Waals surface area contributed by atoms with E-state index in [1.807, 2.05) is 23.8 Å². The van der Waals surface area contributed by atoms with Gasteiger partial charge >= 0.3 is 0 Å². The molecule has 2 N–H and O–H groups in total. The van der Waals surface area contributed by atoms with Crippen molar-refractivity contribution < 1.29 is 4.52 Å². The van der Waals surface area contributed by atoms with Crippen LogP contribution in [0.15, 0.2) is 21.3 Å². The number of rotatable bonds is 3. The molecule has 3 heterocycles. The monoisotopic (exact) mass is 278 g/mol. The Balaban J connectivity index is 2.00. The molecule has 0 amide bonds. The first-order valence-electron chi connectivity index (χ1n) is 5.31. The van der Waals surface area contributed by atoms with E-state index >= 15 is 0 Å². The van der Waals surface area contributed by atoms with Crippen LogP contribution in [-0.2, 0) is 6.54 Å². The number of nitrogens with two attached hydrogens (primary N) is 1. The molecular weight excluding hydrogens is 268 g/mol. The van der Waals surface area contributed by atoms with E-state index < -0.39 is 0 Å². The van der Waals surface area contributed by atoms with Crippen molar-refractivity contribution >= 4 is 22.7 Å². The Kier molecular flexibility index (Phi) is 2.94. The average molecular weight is 278 g/mol. The first-order valence-corrected chi connectivity index (χ1v) is 7.07. The molecule has 0 fully saturated rings. The molecule has 0 aliphatic heterocycles. The molecule has 0 aliphatic carbocycles. The van der Waals surface area contributed by atoms with Gasteiger partial charge in [0.05, 0.1) is 5.69 Å². The van der Waals surface area contributed by atoms with Gasteiger partial charge in [0.1, 0.15) is 9.88 Å². The van der Waals surface area contributed by atoms with Crippen LogP contribution in [0.1, 0.15) is 10.7 Å². The summed E-state index contributed by atoms with van der Waals surface area (Å²) in [6.07, 6.45) is 0. The smallest absolute Gasteiger partial charge is 0.270 e. The lowest BCUT2D eigenvalue weighted by molar-refractivity contribution is 0.433. The quantitative estimate of drug-likeness (QED) is 0.797. The van der Waals surface area contributed by atoms with Crippen molar-refractivity contribution in [1.82, 2.24) is 15.1 Å². The van der Waals surface area contributed by atoms with E-state index in [2.05, 4.69) is 15.1 Å². The maximum Gasteiger partial charge on any atom is 0.270 e. The summed E-state index contributed by atoms with van der Waals surface area (Å²) in [5.74, 6) is 1.11. The van der Waals surface area contributed by atoms with Gasteiger partial charge in [-0.25, -0.2) is 4.98 Å². The molecule has 0 radical (unpaired) electrons. The van der Waals surface area contributed by atoms with E-state index in [0.717, 1.165) is 21.1 Å². The fraction of sp³-hybridized carbons (Fsp3) is 0.182. The highest BCUT2D eigenvalue weighted by molar-refractivity contribution is 7.15. The SMILES string of the molecule is Cc1nc(CN)sc1-c1nc(-c2ccsc2)no1. The van der Waals surface area contributed by atoms with Gasteiger partial charge < -0.3 is 10.3 Å². The van der Waals surface area contributed by atoms with E-state index in [1.54, 1.807) is 11.3 Å². The van der Waals surface area contributed by atoms with Gasteiger partial charge in [-0.2, -0.15) is 16.3 Å². The molecule has 0 aromatic carbocycles. The standard InChI is InChI=1S/C11H10N4OS2/c1-6-9(18-8(4-12)13-6)11-14-10(15-16-11)7-2-3-17-5-7/h2-3,5H,4,12H2,1H3. The predicted molar refractivity (Wildman–Crippen MR) is 71.3 cm³/mol. The zero-order valence-electron chi connectivity index (χ0n) is 9.58. The van der Waals surface area contributed by atoms with Crippen LogP contribution in [0, 0.1) is 6.92 Å². The number of thiophene rings is 1. The molecule has 7 heteroatoms. The van der Waals surface area contributed by atoms with Crippen molar-refractivity contribution in [3.8, 4) is 22.2 Å². The highest BCUT2D eigenvalue weighted by atomic mass is 32.1. The first-order chi connectivity index (χ1) is 8.78. The Morgan fingerprint density at radius 3 is 2.94 bits per heavy atom. The maximum absolute atomic E-state index is 5.58. The largest absolute Gasteiger partial charge is 0.333 e. The second-order valence-corrected chi connectivity index (χ2v) is 5.53. The van der Waals surface area contributed by atoms with Crippen LogP contribution >= 0.6 is 22.7 Å². The van der Waals surface area contributed by atoms with Gasteiger partial charge in [-0.3, -0.25) is 0 Å². The predicted octanol–water partition coefficient (Wildman–Crippen LogP) is 2.69. The van der Waals surface area contributed by atoms with Crippen LogP contribution < -0.4 is 5.73 Å². The van der Waals surface area contributed by atoms with Gasteiger partial charge in [-0.15, -0.1) is 11.3 Å².